The zero-order chi connectivity index (χ0) is 13.1. The van der Waals surface area contributed by atoms with Crippen LogP contribution in [0.15, 0.2) is 18.2 Å². The second-order valence-electron chi connectivity index (χ2n) is 4.29. The van der Waals surface area contributed by atoms with E-state index in [4.69, 9.17) is 0 Å². The number of halogens is 1. The molecule has 1 fully saturated rings. The lowest BCUT2D eigenvalue weighted by Crippen LogP contribution is -2.41. The highest BCUT2D eigenvalue weighted by molar-refractivity contribution is 14.1. The fourth-order valence-corrected chi connectivity index (χ4v) is 3.05. The van der Waals surface area contributed by atoms with Crippen molar-refractivity contribution in [1.29, 1.82) is 0 Å². The maximum Gasteiger partial charge on any atom is 0.270 e. The lowest BCUT2D eigenvalue weighted by molar-refractivity contribution is -0.384. The summed E-state index contributed by atoms with van der Waals surface area (Å²) in [6, 6.07) is 4.68. The van der Waals surface area contributed by atoms with E-state index in [0.717, 1.165) is 41.4 Å². The van der Waals surface area contributed by atoms with Gasteiger partial charge in [-0.2, -0.15) is 0 Å². The third kappa shape index (κ3) is 2.63. The molecule has 2 rings (SSSR count). The van der Waals surface area contributed by atoms with Gasteiger partial charge in [-0.15, -0.1) is 0 Å². The predicted molar refractivity (Wildman–Crippen MR) is 76.9 cm³/mol. The molecule has 1 unspecified atom stereocenters. The van der Waals surface area contributed by atoms with Crippen molar-refractivity contribution in [2.45, 2.75) is 25.3 Å². The van der Waals surface area contributed by atoms with Gasteiger partial charge in [0.1, 0.15) is 6.29 Å². The van der Waals surface area contributed by atoms with E-state index in [1.165, 1.54) is 6.07 Å². The number of nitro groups is 1. The number of carbonyl (C=O) groups excluding carboxylic acids is 1. The maximum absolute atomic E-state index is 11.1. The van der Waals surface area contributed by atoms with Crippen molar-refractivity contribution in [3.8, 4) is 0 Å². The molecule has 1 aliphatic rings. The third-order valence-electron chi connectivity index (χ3n) is 3.16. The van der Waals surface area contributed by atoms with Crippen molar-refractivity contribution < 1.29 is 9.72 Å². The van der Waals surface area contributed by atoms with E-state index in [1.807, 2.05) is 4.90 Å². The minimum absolute atomic E-state index is 0.0859. The Morgan fingerprint density at radius 3 is 2.83 bits per heavy atom. The van der Waals surface area contributed by atoms with Crippen molar-refractivity contribution in [3.63, 3.8) is 0 Å². The van der Waals surface area contributed by atoms with E-state index < -0.39 is 4.92 Å². The lowest BCUT2D eigenvalue weighted by Gasteiger charge is -2.34. The van der Waals surface area contributed by atoms with E-state index in [-0.39, 0.29) is 11.7 Å². The van der Waals surface area contributed by atoms with Gasteiger partial charge in [0.15, 0.2) is 0 Å². The monoisotopic (exact) mass is 360 g/mol. The van der Waals surface area contributed by atoms with E-state index in [0.29, 0.717) is 0 Å². The summed E-state index contributed by atoms with van der Waals surface area (Å²) in [4.78, 5) is 23.4. The highest BCUT2D eigenvalue weighted by Crippen LogP contribution is 2.30. The number of rotatable bonds is 3. The molecule has 1 heterocycles. The lowest BCUT2D eigenvalue weighted by atomic mass is 10.0. The predicted octanol–water partition coefficient (Wildman–Crippen LogP) is 2.76. The molecule has 0 spiro atoms. The molecule has 1 aliphatic heterocycles. The van der Waals surface area contributed by atoms with Crippen LogP contribution >= 0.6 is 22.6 Å². The van der Waals surface area contributed by atoms with E-state index in [1.54, 1.807) is 12.1 Å². The number of non-ortho nitro benzene ring substituents is 1. The van der Waals surface area contributed by atoms with E-state index in [2.05, 4.69) is 22.6 Å². The van der Waals surface area contributed by atoms with Gasteiger partial charge in [-0.25, -0.2) is 0 Å². The Hall–Kier alpha value is -1.18. The number of hydrogen-bond donors (Lipinski definition) is 0. The summed E-state index contributed by atoms with van der Waals surface area (Å²) in [6.45, 7) is 0.831. The molecule has 0 radical (unpaired) electrons. The zero-order valence-electron chi connectivity index (χ0n) is 9.71. The molecule has 0 bridgehead atoms. The first-order chi connectivity index (χ1) is 8.63. The summed E-state index contributed by atoms with van der Waals surface area (Å²) in [5.74, 6) is 0. The number of hydrogen-bond acceptors (Lipinski definition) is 4. The number of piperidine rings is 1. The standard InChI is InChI=1S/C12H13IN2O3/c13-11-7-9(15(17)18)4-5-12(11)14-6-2-1-3-10(14)8-16/h4-5,7-8,10H,1-3,6H2. The van der Waals surface area contributed by atoms with Gasteiger partial charge < -0.3 is 9.69 Å². The van der Waals surface area contributed by atoms with Gasteiger partial charge in [-0.1, -0.05) is 0 Å². The molecule has 5 nitrogen and oxygen atoms in total. The van der Waals surface area contributed by atoms with Gasteiger partial charge >= 0.3 is 0 Å². The highest BCUT2D eigenvalue weighted by atomic mass is 127. The Morgan fingerprint density at radius 1 is 1.44 bits per heavy atom. The normalized spacial score (nSPS) is 19.6. The average molecular weight is 360 g/mol. The molecule has 1 aromatic rings. The van der Waals surface area contributed by atoms with E-state index in [9.17, 15) is 14.9 Å². The zero-order valence-corrected chi connectivity index (χ0v) is 11.9. The summed E-state index contributed by atoms with van der Waals surface area (Å²) in [7, 11) is 0. The van der Waals surface area contributed by atoms with Crippen LogP contribution in [-0.2, 0) is 4.79 Å². The van der Waals surface area contributed by atoms with Gasteiger partial charge in [0.2, 0.25) is 0 Å². The number of nitro benzene ring substituents is 1. The van der Waals surface area contributed by atoms with Crippen LogP contribution in [0.4, 0.5) is 11.4 Å². The second kappa shape index (κ2) is 5.64. The second-order valence-corrected chi connectivity index (χ2v) is 5.45. The first kappa shape index (κ1) is 13.3. The fraction of sp³-hybridized carbons (Fsp3) is 0.417. The highest BCUT2D eigenvalue weighted by Gasteiger charge is 2.24. The minimum Gasteiger partial charge on any atom is -0.361 e. The topological polar surface area (TPSA) is 63.5 Å². The van der Waals surface area contributed by atoms with Crippen molar-refractivity contribution >= 4 is 40.3 Å². The molecular formula is C12H13IN2O3. The van der Waals surface area contributed by atoms with Crippen molar-refractivity contribution in [2.75, 3.05) is 11.4 Å². The molecule has 96 valence electrons. The third-order valence-corrected chi connectivity index (χ3v) is 4.02. The van der Waals surface area contributed by atoms with Crippen LogP contribution in [0.5, 0.6) is 0 Å². The first-order valence-corrected chi connectivity index (χ1v) is 6.87. The molecule has 6 heteroatoms. The van der Waals surface area contributed by atoms with Gasteiger partial charge in [-0.3, -0.25) is 10.1 Å². The Labute approximate surface area is 118 Å². The van der Waals surface area contributed by atoms with Crippen LogP contribution in [0.1, 0.15) is 19.3 Å². The van der Waals surface area contributed by atoms with Gasteiger partial charge in [0.25, 0.3) is 5.69 Å². The Balaban J connectivity index is 2.32. The molecule has 0 aliphatic carbocycles. The maximum atomic E-state index is 11.1. The Bertz CT molecular complexity index is 478. The van der Waals surface area contributed by atoms with E-state index >= 15 is 0 Å². The molecule has 18 heavy (non-hydrogen) atoms. The number of carbonyl (C=O) groups is 1. The molecule has 0 aromatic heterocycles. The van der Waals surface area contributed by atoms with Crippen LogP contribution in [0.25, 0.3) is 0 Å². The SMILES string of the molecule is O=CC1CCCCN1c1ccc([N+](=O)[O-])cc1I. The summed E-state index contributed by atoms with van der Waals surface area (Å²) in [6.07, 6.45) is 3.94. The summed E-state index contributed by atoms with van der Waals surface area (Å²) < 4.78 is 0.815. The number of anilines is 1. The van der Waals surface area contributed by atoms with Gasteiger partial charge in [0.05, 0.1) is 16.7 Å². The Morgan fingerprint density at radius 2 is 2.22 bits per heavy atom. The summed E-state index contributed by atoms with van der Waals surface area (Å²) in [5, 5.41) is 10.7. The minimum atomic E-state index is -0.403. The van der Waals surface area contributed by atoms with Crippen LogP contribution < -0.4 is 4.90 Å². The molecule has 0 N–H and O–H groups in total. The Kier molecular flexibility index (Phi) is 4.15. The van der Waals surface area contributed by atoms with Gasteiger partial charge in [0, 0.05) is 22.2 Å². The quantitative estimate of drug-likeness (QED) is 0.360. The van der Waals surface area contributed by atoms with Crippen LogP contribution in [0, 0.1) is 13.7 Å². The van der Waals surface area contributed by atoms with Gasteiger partial charge in [-0.05, 0) is 47.9 Å². The van der Waals surface area contributed by atoms with Crippen LogP contribution in [-0.4, -0.2) is 23.8 Å². The van der Waals surface area contributed by atoms with Crippen LogP contribution in [0.3, 0.4) is 0 Å². The largest absolute Gasteiger partial charge is 0.361 e. The van der Waals surface area contributed by atoms with Crippen molar-refractivity contribution in [2.24, 2.45) is 0 Å². The molecule has 0 saturated carbocycles. The molecular weight excluding hydrogens is 347 g/mol. The first-order valence-electron chi connectivity index (χ1n) is 5.79. The summed E-state index contributed by atoms with van der Waals surface area (Å²) >= 11 is 2.09. The number of aldehydes is 1. The molecule has 1 saturated heterocycles. The molecule has 0 amide bonds. The molecule has 1 atom stereocenters. The summed E-state index contributed by atoms with van der Waals surface area (Å²) in [5.41, 5.74) is 1.00. The fourth-order valence-electron chi connectivity index (χ4n) is 2.24. The number of nitrogens with zero attached hydrogens (tertiary/aromatic N) is 2. The molecule has 1 aromatic carbocycles. The smallest absolute Gasteiger partial charge is 0.270 e. The number of benzene rings is 1. The van der Waals surface area contributed by atoms with Crippen LogP contribution in [0.2, 0.25) is 0 Å². The average Bonchev–Trinajstić information content (AvgIpc) is 2.38. The van der Waals surface area contributed by atoms with Crippen molar-refractivity contribution in [3.05, 3.63) is 31.9 Å². The van der Waals surface area contributed by atoms with Crippen molar-refractivity contribution in [1.82, 2.24) is 0 Å².